The number of likely N-dealkylation sites (tertiary alicyclic amines) is 1. The van der Waals surface area contributed by atoms with Gasteiger partial charge in [-0.15, -0.1) is 24.0 Å². The molecule has 0 spiro atoms. The summed E-state index contributed by atoms with van der Waals surface area (Å²) < 4.78 is 41.1. The van der Waals surface area contributed by atoms with Crippen molar-refractivity contribution in [1.82, 2.24) is 15.5 Å². The first-order valence-electron chi connectivity index (χ1n) is 8.96. The van der Waals surface area contributed by atoms with E-state index in [9.17, 15) is 18.0 Å². The number of carbonyl (C=O) groups is 1. The molecule has 0 bridgehead atoms. The summed E-state index contributed by atoms with van der Waals surface area (Å²) in [5.74, 6) is 0.716. The average Bonchev–Trinajstić information content (AvgIpc) is 3.17. The van der Waals surface area contributed by atoms with Gasteiger partial charge in [0.05, 0.1) is 13.1 Å². The monoisotopic (exact) mass is 514 g/mol. The van der Waals surface area contributed by atoms with Crippen molar-refractivity contribution in [3.8, 4) is 5.75 Å². The van der Waals surface area contributed by atoms with Gasteiger partial charge in [-0.1, -0.05) is 12.1 Å². The lowest BCUT2D eigenvalue weighted by Crippen LogP contribution is -2.44. The van der Waals surface area contributed by atoms with Crippen molar-refractivity contribution >= 4 is 35.8 Å². The van der Waals surface area contributed by atoms with Gasteiger partial charge in [-0.3, -0.25) is 4.79 Å². The molecule has 28 heavy (non-hydrogen) atoms. The van der Waals surface area contributed by atoms with Crippen LogP contribution < -0.4 is 15.4 Å². The zero-order valence-electron chi connectivity index (χ0n) is 15.7. The maximum absolute atomic E-state index is 12.1. The second-order valence-corrected chi connectivity index (χ2v) is 6.18. The highest BCUT2D eigenvalue weighted by molar-refractivity contribution is 14.0. The maximum atomic E-state index is 12.1. The van der Waals surface area contributed by atoms with Gasteiger partial charge < -0.3 is 20.3 Å². The third-order valence-corrected chi connectivity index (χ3v) is 3.96. The van der Waals surface area contributed by atoms with Crippen LogP contribution >= 0.6 is 24.0 Å². The van der Waals surface area contributed by atoms with E-state index in [0.717, 1.165) is 31.5 Å². The van der Waals surface area contributed by atoms with Crippen molar-refractivity contribution in [1.29, 1.82) is 0 Å². The number of ether oxygens (including phenoxy) is 1. The maximum Gasteiger partial charge on any atom is 0.422 e. The molecule has 2 N–H and O–H groups in total. The molecule has 2 rings (SSSR count). The van der Waals surface area contributed by atoms with Gasteiger partial charge in [0.1, 0.15) is 5.75 Å². The zero-order chi connectivity index (χ0) is 19.7. The van der Waals surface area contributed by atoms with E-state index in [0.29, 0.717) is 19.0 Å². The van der Waals surface area contributed by atoms with Gasteiger partial charge >= 0.3 is 6.18 Å². The summed E-state index contributed by atoms with van der Waals surface area (Å²) in [7, 11) is 0. The van der Waals surface area contributed by atoms with Crippen molar-refractivity contribution < 1.29 is 22.7 Å². The Hall–Kier alpha value is -1.72. The Morgan fingerprint density at radius 3 is 2.39 bits per heavy atom. The summed E-state index contributed by atoms with van der Waals surface area (Å²) >= 11 is 0. The molecule has 0 atom stereocenters. The Kier molecular flexibility index (Phi) is 10.4. The van der Waals surface area contributed by atoms with Crippen molar-refractivity contribution in [2.75, 3.05) is 32.8 Å². The molecule has 1 saturated heterocycles. The first-order valence-corrected chi connectivity index (χ1v) is 8.96. The SMILES string of the molecule is CCNC(=NCc1ccc(OCC(F)(F)F)cc1)NCC(=O)N1CCCC1.I. The molecule has 1 aliphatic heterocycles. The molecule has 10 heteroatoms. The number of hydrogen-bond donors (Lipinski definition) is 2. The third-order valence-electron chi connectivity index (χ3n) is 3.96. The fourth-order valence-electron chi connectivity index (χ4n) is 2.61. The number of hydrogen-bond acceptors (Lipinski definition) is 3. The molecule has 0 aliphatic carbocycles. The van der Waals surface area contributed by atoms with Crippen molar-refractivity contribution in [3.63, 3.8) is 0 Å². The Balaban J connectivity index is 0.00000392. The van der Waals surface area contributed by atoms with E-state index in [1.165, 1.54) is 12.1 Å². The molecule has 1 heterocycles. The number of rotatable bonds is 7. The Bertz CT molecular complexity index is 633. The summed E-state index contributed by atoms with van der Waals surface area (Å²) in [6, 6.07) is 6.28. The lowest BCUT2D eigenvalue weighted by Gasteiger charge is -2.17. The van der Waals surface area contributed by atoms with E-state index < -0.39 is 12.8 Å². The average molecular weight is 514 g/mol. The fraction of sp³-hybridized carbons (Fsp3) is 0.556. The molecule has 1 fully saturated rings. The predicted molar refractivity (Wildman–Crippen MR) is 112 cm³/mol. The summed E-state index contributed by atoms with van der Waals surface area (Å²) in [4.78, 5) is 18.3. The first kappa shape index (κ1) is 24.3. The van der Waals surface area contributed by atoms with E-state index in [1.807, 2.05) is 11.8 Å². The van der Waals surface area contributed by atoms with Crippen LogP contribution in [0, 0.1) is 0 Å². The smallest absolute Gasteiger partial charge is 0.422 e. The van der Waals surface area contributed by atoms with Crippen LogP contribution in [0.5, 0.6) is 5.75 Å². The fourth-order valence-corrected chi connectivity index (χ4v) is 2.61. The minimum atomic E-state index is -4.36. The molecule has 0 unspecified atom stereocenters. The molecule has 0 radical (unpaired) electrons. The molecule has 1 amide bonds. The lowest BCUT2D eigenvalue weighted by molar-refractivity contribution is -0.153. The van der Waals surface area contributed by atoms with Gasteiger partial charge in [-0.25, -0.2) is 4.99 Å². The Morgan fingerprint density at radius 2 is 1.82 bits per heavy atom. The number of benzene rings is 1. The standard InChI is InChI=1S/C18H25F3N4O2.HI/c1-2-22-17(24-12-16(26)25-9-3-4-10-25)23-11-14-5-7-15(8-6-14)27-13-18(19,20)21;/h5-8H,2-4,9-13H2,1H3,(H2,22,23,24);1H. The van der Waals surface area contributed by atoms with Gasteiger partial charge in [0.2, 0.25) is 5.91 Å². The molecule has 0 saturated carbocycles. The van der Waals surface area contributed by atoms with Crippen molar-refractivity contribution in [2.24, 2.45) is 4.99 Å². The lowest BCUT2D eigenvalue weighted by atomic mass is 10.2. The molecule has 1 aromatic rings. The number of guanidine groups is 1. The van der Waals surface area contributed by atoms with Gasteiger partial charge in [0.25, 0.3) is 0 Å². The molecule has 6 nitrogen and oxygen atoms in total. The number of aliphatic imine (C=N–C) groups is 1. The normalized spacial score (nSPS) is 14.4. The van der Waals surface area contributed by atoms with Gasteiger partial charge in [-0.2, -0.15) is 13.2 Å². The molecular formula is C18H26F3IN4O2. The molecule has 158 valence electrons. The number of alkyl halides is 3. The summed E-state index contributed by atoms with van der Waals surface area (Å²) in [5, 5.41) is 6.08. The summed E-state index contributed by atoms with van der Waals surface area (Å²) in [5.41, 5.74) is 0.817. The second kappa shape index (κ2) is 12.0. The van der Waals surface area contributed by atoms with Gasteiger partial charge in [0.15, 0.2) is 12.6 Å². The highest BCUT2D eigenvalue weighted by Crippen LogP contribution is 2.19. The topological polar surface area (TPSA) is 66.0 Å². The Morgan fingerprint density at radius 1 is 1.18 bits per heavy atom. The van der Waals surface area contributed by atoms with E-state index in [2.05, 4.69) is 20.4 Å². The van der Waals surface area contributed by atoms with Gasteiger partial charge in [-0.05, 0) is 37.5 Å². The molecule has 1 aliphatic rings. The largest absolute Gasteiger partial charge is 0.484 e. The van der Waals surface area contributed by atoms with Crippen LogP contribution in [0.2, 0.25) is 0 Å². The van der Waals surface area contributed by atoms with E-state index in [4.69, 9.17) is 0 Å². The van der Waals surface area contributed by atoms with Crippen LogP contribution in [0.3, 0.4) is 0 Å². The van der Waals surface area contributed by atoms with E-state index in [-0.39, 0.29) is 42.2 Å². The highest BCUT2D eigenvalue weighted by atomic mass is 127. The number of carbonyl (C=O) groups excluding carboxylic acids is 1. The predicted octanol–water partition coefficient (Wildman–Crippen LogP) is 2.92. The second-order valence-electron chi connectivity index (χ2n) is 6.18. The molecule has 0 aromatic heterocycles. The van der Waals surface area contributed by atoms with Crippen LogP contribution in [0.4, 0.5) is 13.2 Å². The number of nitrogens with zero attached hydrogens (tertiary/aromatic N) is 2. The third kappa shape index (κ3) is 8.98. The number of halogens is 4. The first-order chi connectivity index (χ1) is 12.9. The molecule has 1 aromatic carbocycles. The summed E-state index contributed by atoms with van der Waals surface area (Å²) in [6.45, 7) is 3.36. The van der Waals surface area contributed by atoms with Crippen LogP contribution in [-0.4, -0.2) is 55.7 Å². The summed E-state index contributed by atoms with van der Waals surface area (Å²) in [6.07, 6.45) is -2.27. The van der Waals surface area contributed by atoms with Crippen LogP contribution in [0.1, 0.15) is 25.3 Å². The van der Waals surface area contributed by atoms with Crippen molar-refractivity contribution in [3.05, 3.63) is 29.8 Å². The Labute approximate surface area is 179 Å². The zero-order valence-corrected chi connectivity index (χ0v) is 18.0. The minimum absolute atomic E-state index is 0. The molecular weight excluding hydrogens is 488 g/mol. The van der Waals surface area contributed by atoms with E-state index >= 15 is 0 Å². The van der Waals surface area contributed by atoms with Crippen LogP contribution in [0.15, 0.2) is 29.3 Å². The number of amides is 1. The number of nitrogens with one attached hydrogen (secondary N) is 2. The van der Waals surface area contributed by atoms with Crippen molar-refractivity contribution in [2.45, 2.75) is 32.5 Å². The highest BCUT2D eigenvalue weighted by Gasteiger charge is 2.28. The van der Waals surface area contributed by atoms with Crippen LogP contribution in [0.25, 0.3) is 0 Å². The van der Waals surface area contributed by atoms with Crippen LogP contribution in [-0.2, 0) is 11.3 Å². The quantitative estimate of drug-likeness (QED) is 0.334. The minimum Gasteiger partial charge on any atom is -0.484 e. The van der Waals surface area contributed by atoms with Gasteiger partial charge in [0, 0.05) is 19.6 Å². The van der Waals surface area contributed by atoms with E-state index in [1.54, 1.807) is 12.1 Å².